The Morgan fingerprint density at radius 1 is 0.946 bits per heavy atom. The van der Waals surface area contributed by atoms with Crippen molar-refractivity contribution in [2.75, 3.05) is 0 Å². The zero-order chi connectivity index (χ0) is 27.6. The fourth-order valence-corrected chi connectivity index (χ4v) is 8.28. The number of sulfone groups is 1. The number of hydrogen-bond acceptors (Lipinski definition) is 3. The summed E-state index contributed by atoms with van der Waals surface area (Å²) in [6.07, 6.45) is -12.8. The number of amides is 1. The lowest BCUT2D eigenvalue weighted by molar-refractivity contribution is -0.348. The molecule has 4 nitrogen and oxygen atoms in total. The number of carbonyl (C=O) groups is 1. The molecule has 0 heterocycles. The van der Waals surface area contributed by atoms with Gasteiger partial charge < -0.3 is 5.32 Å². The molecule has 3 atom stereocenters. The summed E-state index contributed by atoms with van der Waals surface area (Å²) in [5.41, 5.74) is -7.59. The molecule has 2 aromatic carbocycles. The highest BCUT2D eigenvalue weighted by Gasteiger charge is 2.73. The predicted molar refractivity (Wildman–Crippen MR) is 115 cm³/mol. The van der Waals surface area contributed by atoms with Crippen LogP contribution >= 0.6 is 0 Å². The van der Waals surface area contributed by atoms with Gasteiger partial charge in [-0.25, -0.2) is 17.2 Å². The van der Waals surface area contributed by atoms with E-state index >= 15 is 0 Å². The summed E-state index contributed by atoms with van der Waals surface area (Å²) in [5, 5.41) is 2.68. The summed E-state index contributed by atoms with van der Waals surface area (Å²) in [6.45, 7) is 1.23. The maximum atomic E-state index is 14.8. The van der Waals surface area contributed by atoms with Crippen molar-refractivity contribution in [2.24, 2.45) is 5.92 Å². The van der Waals surface area contributed by atoms with Gasteiger partial charge in [-0.05, 0) is 61.1 Å². The molecule has 202 valence electrons. The minimum Gasteiger partial charge on any atom is -0.353 e. The van der Waals surface area contributed by atoms with Crippen molar-refractivity contribution >= 4 is 15.7 Å². The highest BCUT2D eigenvalue weighted by Crippen LogP contribution is 2.59. The van der Waals surface area contributed by atoms with Crippen molar-refractivity contribution in [2.45, 2.75) is 66.3 Å². The Morgan fingerprint density at radius 2 is 1.54 bits per heavy atom. The molecule has 37 heavy (non-hydrogen) atoms. The molecule has 0 aliphatic heterocycles. The highest BCUT2D eigenvalue weighted by molar-refractivity contribution is 7.92. The Labute approximate surface area is 207 Å². The van der Waals surface area contributed by atoms with Crippen LogP contribution in [0.2, 0.25) is 0 Å². The molecule has 2 aliphatic carbocycles. The first-order chi connectivity index (χ1) is 17.0. The van der Waals surface area contributed by atoms with Crippen molar-refractivity contribution in [3.05, 3.63) is 65.0 Å². The van der Waals surface area contributed by atoms with E-state index < -0.39 is 61.9 Å². The van der Waals surface area contributed by atoms with Crippen LogP contribution in [0.15, 0.2) is 47.4 Å². The number of rotatable bonds is 4. The molecule has 1 N–H and O–H groups in total. The maximum Gasteiger partial charge on any atom is 0.435 e. The van der Waals surface area contributed by atoms with E-state index in [4.69, 9.17) is 0 Å². The van der Waals surface area contributed by atoms with Gasteiger partial charge in [0.2, 0.25) is 5.91 Å². The first-order valence-corrected chi connectivity index (χ1v) is 12.7. The van der Waals surface area contributed by atoms with Gasteiger partial charge in [-0.15, -0.1) is 0 Å². The molecule has 1 fully saturated rings. The number of alkyl halides is 7. The van der Waals surface area contributed by atoms with Crippen LogP contribution in [0.25, 0.3) is 0 Å². The smallest absolute Gasteiger partial charge is 0.353 e. The van der Waals surface area contributed by atoms with Gasteiger partial charge in [0.15, 0.2) is 9.84 Å². The molecule has 0 radical (unpaired) electrons. The Balaban J connectivity index is 1.95. The number of carbonyl (C=O) groups excluding carboxylic acids is 1. The number of hydrogen-bond donors (Lipinski definition) is 1. The van der Waals surface area contributed by atoms with E-state index in [1.807, 2.05) is 0 Å². The predicted octanol–water partition coefficient (Wildman–Crippen LogP) is 5.65. The van der Waals surface area contributed by atoms with E-state index in [2.05, 4.69) is 5.32 Å². The van der Waals surface area contributed by atoms with Crippen LogP contribution in [-0.4, -0.2) is 32.7 Å². The average molecular weight is 555 g/mol. The monoisotopic (exact) mass is 555 g/mol. The summed E-state index contributed by atoms with van der Waals surface area (Å²) in [6, 6.07) is 4.77. The largest absolute Gasteiger partial charge is 0.435 e. The fraction of sp³-hybridized carbons (Fsp3) is 0.458. The van der Waals surface area contributed by atoms with E-state index in [1.165, 1.54) is 6.92 Å². The lowest BCUT2D eigenvalue weighted by atomic mass is 9.74. The second-order valence-electron chi connectivity index (χ2n) is 9.36. The van der Waals surface area contributed by atoms with Crippen LogP contribution in [0.3, 0.4) is 0 Å². The number of nitrogens with one attached hydrogen (secondary N) is 1. The topological polar surface area (TPSA) is 63.2 Å². The maximum absolute atomic E-state index is 14.8. The minimum absolute atomic E-state index is 0.0147. The standard InChI is InChI=1S/C24H21F8NO3S/c1-13(34)33-20-10-11-21(37(35,36)17-6-4-16(25)5-7-17)18-9-3-15(12-14(18)2-8-19(20)21)22(26,23(27,28)29)24(30,31)32/h3-7,9,12,19-20H,2,8,10-11H2,1H3,(H,33,34)/t19-,20+,21+/m0/s1. The molecular weight excluding hydrogens is 534 g/mol. The van der Waals surface area contributed by atoms with Gasteiger partial charge >= 0.3 is 18.0 Å². The summed E-state index contributed by atoms with van der Waals surface area (Å²) in [5.74, 6) is -1.95. The molecule has 0 spiro atoms. The third kappa shape index (κ3) is 4.00. The van der Waals surface area contributed by atoms with Crippen LogP contribution < -0.4 is 5.32 Å². The van der Waals surface area contributed by atoms with Gasteiger partial charge in [0.1, 0.15) is 10.6 Å². The highest BCUT2D eigenvalue weighted by atomic mass is 32.2. The third-order valence-electron chi connectivity index (χ3n) is 7.37. The van der Waals surface area contributed by atoms with Crippen molar-refractivity contribution in [1.82, 2.24) is 5.32 Å². The molecule has 1 saturated carbocycles. The van der Waals surface area contributed by atoms with Gasteiger partial charge in [0.05, 0.1) is 4.90 Å². The molecule has 1 amide bonds. The minimum atomic E-state index is -6.32. The summed E-state index contributed by atoms with van der Waals surface area (Å²) in [4.78, 5) is 11.5. The molecule has 2 aromatic rings. The van der Waals surface area contributed by atoms with E-state index in [0.717, 1.165) is 30.3 Å². The molecular formula is C24H21F8NO3S. The van der Waals surface area contributed by atoms with Gasteiger partial charge in [-0.2, -0.15) is 26.3 Å². The Hall–Kier alpha value is -2.70. The second-order valence-corrected chi connectivity index (χ2v) is 11.6. The van der Waals surface area contributed by atoms with E-state index in [-0.39, 0.29) is 41.7 Å². The quantitative estimate of drug-likeness (QED) is 0.392. The fourth-order valence-electron chi connectivity index (χ4n) is 5.81. The molecule has 0 unspecified atom stereocenters. The molecule has 0 saturated heterocycles. The number of halogens is 8. The van der Waals surface area contributed by atoms with Crippen LogP contribution in [-0.2, 0) is 31.5 Å². The molecule has 0 aromatic heterocycles. The van der Waals surface area contributed by atoms with Crippen LogP contribution in [0.4, 0.5) is 35.1 Å². The molecule has 2 aliphatic rings. The SMILES string of the molecule is CC(=O)N[C@@H]1CC[C@@]2(S(=O)(=O)c3ccc(F)cc3)c3ccc(C(F)(C(F)(F)F)C(F)(F)F)cc3CC[C@@H]12. The second kappa shape index (κ2) is 8.67. The number of benzene rings is 2. The van der Waals surface area contributed by atoms with Crippen molar-refractivity contribution in [3.8, 4) is 0 Å². The van der Waals surface area contributed by atoms with Gasteiger partial charge in [-0.3, -0.25) is 4.79 Å². The summed E-state index contributed by atoms with van der Waals surface area (Å²) < 4.78 is 135. The van der Waals surface area contributed by atoms with E-state index in [1.54, 1.807) is 0 Å². The molecule has 13 heteroatoms. The lowest BCUT2D eigenvalue weighted by Gasteiger charge is -2.43. The molecule has 4 rings (SSSR count). The van der Waals surface area contributed by atoms with Crippen LogP contribution in [0.5, 0.6) is 0 Å². The van der Waals surface area contributed by atoms with E-state index in [0.29, 0.717) is 12.1 Å². The lowest BCUT2D eigenvalue weighted by Crippen LogP contribution is -2.51. The normalized spacial score (nSPS) is 24.4. The third-order valence-corrected chi connectivity index (χ3v) is 9.95. The summed E-state index contributed by atoms with van der Waals surface area (Å²) >= 11 is 0. The first kappa shape index (κ1) is 27.3. The van der Waals surface area contributed by atoms with Crippen LogP contribution in [0, 0.1) is 11.7 Å². The van der Waals surface area contributed by atoms with Crippen molar-refractivity contribution in [1.29, 1.82) is 0 Å². The zero-order valence-electron chi connectivity index (χ0n) is 19.2. The Kier molecular flexibility index (Phi) is 6.41. The first-order valence-electron chi connectivity index (χ1n) is 11.2. The average Bonchev–Trinajstić information content (AvgIpc) is 3.16. The molecule has 0 bridgehead atoms. The van der Waals surface area contributed by atoms with E-state index in [9.17, 15) is 48.3 Å². The van der Waals surface area contributed by atoms with Crippen molar-refractivity contribution < 1.29 is 48.3 Å². The zero-order valence-corrected chi connectivity index (χ0v) is 20.0. The number of fused-ring (bicyclic) bond motifs is 3. The van der Waals surface area contributed by atoms with Gasteiger partial charge in [-0.1, -0.05) is 18.2 Å². The van der Waals surface area contributed by atoms with Gasteiger partial charge in [0, 0.05) is 24.4 Å². The van der Waals surface area contributed by atoms with Crippen molar-refractivity contribution in [3.63, 3.8) is 0 Å². The number of aryl methyl sites for hydroxylation is 1. The Morgan fingerprint density at radius 3 is 2.08 bits per heavy atom. The summed E-state index contributed by atoms with van der Waals surface area (Å²) in [7, 11) is -4.42. The van der Waals surface area contributed by atoms with Crippen LogP contribution in [0.1, 0.15) is 42.9 Å². The van der Waals surface area contributed by atoms with Gasteiger partial charge in [0.25, 0.3) is 0 Å². The Bertz CT molecular complexity index is 1310.